The molecule has 1 aromatic heterocycles. The van der Waals surface area contributed by atoms with Gasteiger partial charge in [0, 0.05) is 31.1 Å². The van der Waals surface area contributed by atoms with E-state index in [-0.39, 0.29) is 12.3 Å². The fraction of sp³-hybridized carbons (Fsp3) is 0.160. The predicted molar refractivity (Wildman–Crippen MR) is 122 cm³/mol. The summed E-state index contributed by atoms with van der Waals surface area (Å²) >= 11 is 0. The van der Waals surface area contributed by atoms with Gasteiger partial charge in [-0.05, 0) is 43.3 Å². The van der Waals surface area contributed by atoms with Gasteiger partial charge in [-0.15, -0.1) is 10.2 Å². The third-order valence-electron chi connectivity index (χ3n) is 5.01. The number of hydrogen-bond donors (Lipinski definition) is 1. The van der Waals surface area contributed by atoms with Gasteiger partial charge in [0.05, 0.1) is 11.4 Å². The van der Waals surface area contributed by atoms with Crippen molar-refractivity contribution in [1.29, 1.82) is 0 Å². The normalized spacial score (nSPS) is 10.6. The molecule has 156 valence electrons. The van der Waals surface area contributed by atoms with Crippen molar-refractivity contribution in [3.05, 3.63) is 90.3 Å². The van der Waals surface area contributed by atoms with E-state index in [2.05, 4.69) is 15.5 Å². The molecule has 1 N–H and O–H groups in total. The molecule has 0 bridgehead atoms. The van der Waals surface area contributed by atoms with E-state index in [1.54, 1.807) is 0 Å². The number of nitrogens with one attached hydrogen (secondary N) is 1. The molecule has 0 atom stereocenters. The summed E-state index contributed by atoms with van der Waals surface area (Å²) in [5.74, 6) is 0.801. The highest BCUT2D eigenvalue weighted by Gasteiger charge is 2.14. The summed E-state index contributed by atoms with van der Waals surface area (Å²) in [7, 11) is 1.98. The van der Waals surface area contributed by atoms with Gasteiger partial charge in [-0.1, -0.05) is 48.0 Å². The fourth-order valence-electron chi connectivity index (χ4n) is 3.26. The van der Waals surface area contributed by atoms with Gasteiger partial charge in [0.1, 0.15) is 0 Å². The Balaban J connectivity index is 1.39. The maximum absolute atomic E-state index is 12.6. The molecule has 3 aromatic carbocycles. The second-order valence-electron chi connectivity index (χ2n) is 7.33. The third kappa shape index (κ3) is 4.98. The molecule has 0 spiro atoms. The van der Waals surface area contributed by atoms with Crippen molar-refractivity contribution in [3.63, 3.8) is 0 Å². The minimum atomic E-state index is -0.107. The zero-order valence-electron chi connectivity index (χ0n) is 17.6. The zero-order chi connectivity index (χ0) is 21.6. The Morgan fingerprint density at radius 2 is 1.65 bits per heavy atom. The average molecular weight is 412 g/mol. The second-order valence-corrected chi connectivity index (χ2v) is 7.33. The lowest BCUT2D eigenvalue weighted by atomic mass is 10.1. The lowest BCUT2D eigenvalue weighted by molar-refractivity contribution is -0.116. The number of para-hydroxylation sites is 3. The Hall–Kier alpha value is -3.93. The van der Waals surface area contributed by atoms with Crippen LogP contribution in [0.3, 0.4) is 0 Å². The molecule has 1 heterocycles. The molecular formula is C25H24N4O2. The number of hydrogen-bond acceptors (Lipinski definition) is 5. The molecule has 6 nitrogen and oxygen atoms in total. The number of aryl methyl sites for hydroxylation is 2. The van der Waals surface area contributed by atoms with Crippen LogP contribution in [-0.4, -0.2) is 23.2 Å². The van der Waals surface area contributed by atoms with Gasteiger partial charge in [-0.2, -0.15) is 0 Å². The van der Waals surface area contributed by atoms with Crippen molar-refractivity contribution in [3.8, 4) is 11.5 Å². The molecule has 31 heavy (non-hydrogen) atoms. The molecule has 0 saturated carbocycles. The molecule has 4 rings (SSSR count). The lowest BCUT2D eigenvalue weighted by Gasteiger charge is -2.22. The number of benzene rings is 3. The Morgan fingerprint density at radius 3 is 2.42 bits per heavy atom. The Bertz CT molecular complexity index is 1150. The lowest BCUT2D eigenvalue weighted by Crippen LogP contribution is -2.17. The summed E-state index contributed by atoms with van der Waals surface area (Å²) in [5.41, 5.74) is 4.75. The van der Waals surface area contributed by atoms with Crippen LogP contribution in [0.2, 0.25) is 0 Å². The molecule has 4 aromatic rings. The fourth-order valence-corrected chi connectivity index (χ4v) is 3.26. The van der Waals surface area contributed by atoms with Crippen LogP contribution in [0, 0.1) is 6.92 Å². The molecule has 0 fully saturated rings. The Morgan fingerprint density at radius 1 is 0.935 bits per heavy atom. The van der Waals surface area contributed by atoms with Gasteiger partial charge in [0.2, 0.25) is 17.7 Å². The van der Waals surface area contributed by atoms with Crippen molar-refractivity contribution in [1.82, 2.24) is 10.2 Å². The maximum Gasteiger partial charge on any atom is 0.247 e. The standard InChI is InChI=1S/C25H24N4O2/c1-18-12-14-19(15-13-18)25-28-27-24(31-25)17-16-23(30)26-21-10-6-7-11-22(21)29(2)20-8-4-3-5-9-20/h3-15H,16-17H2,1-2H3,(H,26,30). The number of anilines is 3. The molecule has 0 aliphatic heterocycles. The van der Waals surface area contributed by atoms with Gasteiger partial charge in [0.25, 0.3) is 0 Å². The highest BCUT2D eigenvalue weighted by Crippen LogP contribution is 2.30. The minimum absolute atomic E-state index is 0.107. The van der Waals surface area contributed by atoms with Crippen LogP contribution in [0.1, 0.15) is 17.9 Å². The van der Waals surface area contributed by atoms with Gasteiger partial charge in [0.15, 0.2) is 0 Å². The van der Waals surface area contributed by atoms with Gasteiger partial charge in [-0.3, -0.25) is 4.79 Å². The topological polar surface area (TPSA) is 71.3 Å². The zero-order valence-corrected chi connectivity index (χ0v) is 17.6. The summed E-state index contributed by atoms with van der Waals surface area (Å²) in [4.78, 5) is 14.6. The van der Waals surface area contributed by atoms with Crippen LogP contribution in [-0.2, 0) is 11.2 Å². The number of carbonyl (C=O) groups excluding carboxylic acids is 1. The molecule has 6 heteroatoms. The Kier molecular flexibility index (Phi) is 6.08. The SMILES string of the molecule is Cc1ccc(-c2nnc(CCC(=O)Nc3ccccc3N(C)c3ccccc3)o2)cc1. The summed E-state index contributed by atoms with van der Waals surface area (Å²) in [6.07, 6.45) is 0.625. The van der Waals surface area contributed by atoms with Gasteiger partial charge in [-0.25, -0.2) is 0 Å². The monoisotopic (exact) mass is 412 g/mol. The van der Waals surface area contributed by atoms with Crippen LogP contribution in [0.25, 0.3) is 11.5 Å². The number of carbonyl (C=O) groups is 1. The van der Waals surface area contributed by atoms with Crippen molar-refractivity contribution in [2.24, 2.45) is 0 Å². The minimum Gasteiger partial charge on any atom is -0.421 e. The van der Waals surface area contributed by atoms with Crippen LogP contribution in [0.5, 0.6) is 0 Å². The molecule has 0 aliphatic carbocycles. The highest BCUT2D eigenvalue weighted by molar-refractivity contribution is 5.95. The van der Waals surface area contributed by atoms with Crippen LogP contribution >= 0.6 is 0 Å². The van der Waals surface area contributed by atoms with E-state index in [4.69, 9.17) is 4.42 Å². The quantitative estimate of drug-likeness (QED) is 0.441. The number of amides is 1. The molecule has 0 radical (unpaired) electrons. The largest absolute Gasteiger partial charge is 0.421 e. The van der Waals surface area contributed by atoms with E-state index in [9.17, 15) is 4.79 Å². The number of aromatic nitrogens is 2. The first-order chi connectivity index (χ1) is 15.1. The van der Waals surface area contributed by atoms with Crippen LogP contribution < -0.4 is 10.2 Å². The highest BCUT2D eigenvalue weighted by atomic mass is 16.4. The maximum atomic E-state index is 12.6. The smallest absolute Gasteiger partial charge is 0.247 e. The summed E-state index contributed by atoms with van der Waals surface area (Å²) < 4.78 is 5.72. The molecule has 1 amide bonds. The van der Waals surface area contributed by atoms with Crippen molar-refractivity contribution in [2.75, 3.05) is 17.3 Å². The third-order valence-corrected chi connectivity index (χ3v) is 5.01. The van der Waals surface area contributed by atoms with Crippen molar-refractivity contribution in [2.45, 2.75) is 19.8 Å². The van der Waals surface area contributed by atoms with Crippen LogP contribution in [0.15, 0.2) is 83.3 Å². The first kappa shape index (κ1) is 20.3. The number of nitrogens with zero attached hydrogens (tertiary/aromatic N) is 3. The van der Waals surface area contributed by atoms with E-state index in [1.165, 1.54) is 5.56 Å². The van der Waals surface area contributed by atoms with Gasteiger partial charge >= 0.3 is 0 Å². The van der Waals surface area contributed by atoms with Gasteiger partial charge < -0.3 is 14.6 Å². The van der Waals surface area contributed by atoms with Crippen molar-refractivity contribution >= 4 is 23.0 Å². The van der Waals surface area contributed by atoms with E-state index < -0.39 is 0 Å². The predicted octanol–water partition coefficient (Wildman–Crippen LogP) is 5.38. The average Bonchev–Trinajstić information content (AvgIpc) is 3.28. The molecule has 0 unspecified atom stereocenters. The summed E-state index contributed by atoms with van der Waals surface area (Å²) in [6, 6.07) is 25.6. The summed E-state index contributed by atoms with van der Waals surface area (Å²) in [6.45, 7) is 2.03. The van der Waals surface area contributed by atoms with E-state index in [1.807, 2.05) is 97.7 Å². The molecule has 0 aliphatic rings. The van der Waals surface area contributed by atoms with E-state index in [0.29, 0.717) is 18.2 Å². The first-order valence-electron chi connectivity index (χ1n) is 10.2. The van der Waals surface area contributed by atoms with E-state index >= 15 is 0 Å². The van der Waals surface area contributed by atoms with Crippen LogP contribution in [0.4, 0.5) is 17.1 Å². The van der Waals surface area contributed by atoms with Crippen molar-refractivity contribution < 1.29 is 9.21 Å². The Labute approximate surface area is 181 Å². The molecular weight excluding hydrogens is 388 g/mol. The molecule has 0 saturated heterocycles. The summed E-state index contributed by atoms with van der Waals surface area (Å²) in [5, 5.41) is 11.2. The first-order valence-corrected chi connectivity index (χ1v) is 10.2. The number of rotatable bonds is 7. The van der Waals surface area contributed by atoms with E-state index in [0.717, 1.165) is 22.6 Å². The second kappa shape index (κ2) is 9.26.